The number of nitrogens with zero attached hydrogens (tertiary/aromatic N) is 1. The monoisotopic (exact) mass is 325 g/mol. The predicted octanol–water partition coefficient (Wildman–Crippen LogP) is 2.64. The number of morpholine rings is 1. The topological polar surface area (TPSA) is 41.9 Å². The Morgan fingerprint density at radius 3 is 3.09 bits per heavy atom. The van der Waals surface area contributed by atoms with Crippen molar-refractivity contribution in [2.75, 3.05) is 26.8 Å². The standard InChI is InChI=1S/C17H24ClNO3/c1-21-14-5-6-17-15(10-14)19(7-8-22-17)11-16(20)12-3-2-4-13(18)9-12/h2-4,9,14-17,20H,5-8,10-11H2,1H3/t14-,15+,16+,17+/m0/s1. The summed E-state index contributed by atoms with van der Waals surface area (Å²) in [5.74, 6) is 0. The molecule has 1 N–H and O–H groups in total. The summed E-state index contributed by atoms with van der Waals surface area (Å²) in [6, 6.07) is 7.80. The largest absolute Gasteiger partial charge is 0.387 e. The van der Waals surface area contributed by atoms with E-state index in [1.165, 1.54) is 0 Å². The highest BCUT2D eigenvalue weighted by atomic mass is 35.5. The summed E-state index contributed by atoms with van der Waals surface area (Å²) in [6.07, 6.45) is 3.11. The SMILES string of the molecule is CO[C@H]1CC[C@H]2OCCN(C[C@@H](O)c3cccc(Cl)c3)[C@@H]2C1. The molecule has 0 unspecified atom stereocenters. The highest BCUT2D eigenvalue weighted by Crippen LogP contribution is 2.31. The van der Waals surface area contributed by atoms with Crippen LogP contribution in [0.4, 0.5) is 0 Å². The van der Waals surface area contributed by atoms with Gasteiger partial charge in [0.05, 0.1) is 24.9 Å². The van der Waals surface area contributed by atoms with Gasteiger partial charge in [-0.15, -0.1) is 0 Å². The summed E-state index contributed by atoms with van der Waals surface area (Å²) in [6.45, 7) is 2.21. The first-order valence-corrected chi connectivity index (χ1v) is 8.37. The van der Waals surface area contributed by atoms with Crippen molar-refractivity contribution in [3.63, 3.8) is 0 Å². The van der Waals surface area contributed by atoms with Crippen LogP contribution in [0.25, 0.3) is 0 Å². The maximum atomic E-state index is 10.5. The van der Waals surface area contributed by atoms with E-state index in [-0.39, 0.29) is 6.10 Å². The van der Waals surface area contributed by atoms with Crippen molar-refractivity contribution >= 4 is 11.6 Å². The maximum absolute atomic E-state index is 10.5. The Morgan fingerprint density at radius 2 is 2.32 bits per heavy atom. The number of fused-ring (bicyclic) bond motifs is 1. The molecule has 4 atom stereocenters. The van der Waals surface area contributed by atoms with Gasteiger partial charge in [-0.1, -0.05) is 23.7 Å². The number of benzene rings is 1. The first kappa shape index (κ1) is 16.2. The van der Waals surface area contributed by atoms with Gasteiger partial charge in [-0.25, -0.2) is 0 Å². The molecule has 0 spiro atoms. The Hall–Kier alpha value is -0.650. The first-order valence-electron chi connectivity index (χ1n) is 7.99. The molecule has 1 saturated heterocycles. The van der Waals surface area contributed by atoms with Crippen LogP contribution in [-0.4, -0.2) is 55.1 Å². The summed E-state index contributed by atoms with van der Waals surface area (Å²) < 4.78 is 11.4. The first-order chi connectivity index (χ1) is 10.7. The summed E-state index contributed by atoms with van der Waals surface area (Å²) >= 11 is 6.02. The van der Waals surface area contributed by atoms with Crippen molar-refractivity contribution < 1.29 is 14.6 Å². The lowest BCUT2D eigenvalue weighted by molar-refractivity contribution is -0.120. The molecule has 1 aliphatic heterocycles. The molecule has 1 aromatic rings. The van der Waals surface area contributed by atoms with Crippen LogP contribution in [0.1, 0.15) is 30.9 Å². The minimum absolute atomic E-state index is 0.270. The molecule has 0 radical (unpaired) electrons. The molecule has 22 heavy (non-hydrogen) atoms. The number of hydrogen-bond donors (Lipinski definition) is 1. The van der Waals surface area contributed by atoms with Gasteiger partial charge in [0, 0.05) is 31.3 Å². The van der Waals surface area contributed by atoms with E-state index in [2.05, 4.69) is 4.90 Å². The van der Waals surface area contributed by atoms with Crippen LogP contribution in [-0.2, 0) is 9.47 Å². The molecule has 4 nitrogen and oxygen atoms in total. The average Bonchev–Trinajstić information content (AvgIpc) is 2.54. The third-order valence-electron chi connectivity index (χ3n) is 4.86. The van der Waals surface area contributed by atoms with Crippen LogP contribution in [0.2, 0.25) is 5.02 Å². The second-order valence-corrected chi connectivity index (χ2v) is 6.65. The maximum Gasteiger partial charge on any atom is 0.0917 e. The van der Waals surface area contributed by atoms with Crippen molar-refractivity contribution in [1.29, 1.82) is 0 Å². The van der Waals surface area contributed by atoms with Crippen molar-refractivity contribution in [2.45, 2.75) is 43.6 Å². The van der Waals surface area contributed by atoms with Gasteiger partial charge in [-0.2, -0.15) is 0 Å². The van der Waals surface area contributed by atoms with E-state index in [1.54, 1.807) is 7.11 Å². The zero-order valence-corrected chi connectivity index (χ0v) is 13.7. The number of methoxy groups -OCH3 is 1. The Morgan fingerprint density at radius 1 is 1.45 bits per heavy atom. The Bertz CT molecular complexity index is 499. The van der Waals surface area contributed by atoms with Gasteiger partial charge in [-0.05, 0) is 37.0 Å². The molecule has 2 aliphatic rings. The van der Waals surface area contributed by atoms with Crippen LogP contribution < -0.4 is 0 Å². The Kier molecular flexibility index (Phi) is 5.37. The molecule has 122 valence electrons. The third-order valence-corrected chi connectivity index (χ3v) is 5.10. The number of aliphatic hydroxyl groups is 1. The van der Waals surface area contributed by atoms with Crippen LogP contribution in [0.3, 0.4) is 0 Å². The molecule has 5 heteroatoms. The number of aliphatic hydroxyl groups excluding tert-OH is 1. The fourth-order valence-corrected chi connectivity index (χ4v) is 3.83. The van der Waals surface area contributed by atoms with Crippen molar-refractivity contribution in [1.82, 2.24) is 4.90 Å². The molecule has 2 fully saturated rings. The van der Waals surface area contributed by atoms with Gasteiger partial charge in [0.1, 0.15) is 0 Å². The van der Waals surface area contributed by atoms with Gasteiger partial charge >= 0.3 is 0 Å². The molecule has 1 heterocycles. The average molecular weight is 326 g/mol. The van der Waals surface area contributed by atoms with Crippen LogP contribution in [0.5, 0.6) is 0 Å². The van der Waals surface area contributed by atoms with E-state index in [1.807, 2.05) is 24.3 Å². The van der Waals surface area contributed by atoms with Crippen molar-refractivity contribution in [2.24, 2.45) is 0 Å². The minimum Gasteiger partial charge on any atom is -0.387 e. The number of hydrogen-bond acceptors (Lipinski definition) is 4. The summed E-state index contributed by atoms with van der Waals surface area (Å²) in [4.78, 5) is 2.35. The molecule has 1 aromatic carbocycles. The van der Waals surface area contributed by atoms with E-state index in [9.17, 15) is 5.11 Å². The fourth-order valence-electron chi connectivity index (χ4n) is 3.63. The zero-order chi connectivity index (χ0) is 15.5. The second-order valence-electron chi connectivity index (χ2n) is 6.21. The lowest BCUT2D eigenvalue weighted by Crippen LogP contribution is -2.55. The molecular weight excluding hydrogens is 302 g/mol. The molecule has 0 bridgehead atoms. The molecule has 3 rings (SSSR count). The van der Waals surface area contributed by atoms with E-state index in [4.69, 9.17) is 21.1 Å². The molecular formula is C17H24ClNO3. The molecule has 1 aliphatic carbocycles. The fraction of sp³-hybridized carbons (Fsp3) is 0.647. The molecule has 1 saturated carbocycles. The van der Waals surface area contributed by atoms with Gasteiger partial charge in [0.15, 0.2) is 0 Å². The Labute approximate surface area is 137 Å². The quantitative estimate of drug-likeness (QED) is 0.924. The Balaban J connectivity index is 1.67. The summed E-state index contributed by atoms with van der Waals surface area (Å²) in [5.41, 5.74) is 0.870. The lowest BCUT2D eigenvalue weighted by atomic mass is 9.87. The number of ether oxygens (including phenoxy) is 2. The number of rotatable bonds is 4. The van der Waals surface area contributed by atoms with Gasteiger partial charge < -0.3 is 14.6 Å². The zero-order valence-electron chi connectivity index (χ0n) is 13.0. The van der Waals surface area contributed by atoms with Gasteiger partial charge in [-0.3, -0.25) is 4.90 Å². The van der Waals surface area contributed by atoms with E-state index < -0.39 is 6.10 Å². The third kappa shape index (κ3) is 3.63. The van der Waals surface area contributed by atoms with Crippen molar-refractivity contribution in [3.05, 3.63) is 34.9 Å². The molecule has 0 aromatic heterocycles. The van der Waals surface area contributed by atoms with Crippen LogP contribution in [0, 0.1) is 0 Å². The smallest absolute Gasteiger partial charge is 0.0917 e. The van der Waals surface area contributed by atoms with Gasteiger partial charge in [0.2, 0.25) is 0 Å². The van der Waals surface area contributed by atoms with Crippen LogP contribution in [0.15, 0.2) is 24.3 Å². The van der Waals surface area contributed by atoms with Gasteiger partial charge in [0.25, 0.3) is 0 Å². The van der Waals surface area contributed by atoms with E-state index in [0.717, 1.165) is 38.0 Å². The minimum atomic E-state index is -0.527. The summed E-state index contributed by atoms with van der Waals surface area (Å²) in [5, 5.41) is 11.2. The highest BCUT2D eigenvalue weighted by Gasteiger charge is 2.38. The van der Waals surface area contributed by atoms with E-state index >= 15 is 0 Å². The molecule has 0 amide bonds. The summed E-state index contributed by atoms with van der Waals surface area (Å²) in [7, 11) is 1.78. The number of β-amino-alcohol motifs (C(OH)–C–C–N with tert-alkyl or cyclic N) is 1. The van der Waals surface area contributed by atoms with E-state index in [0.29, 0.717) is 23.7 Å². The lowest BCUT2D eigenvalue weighted by Gasteiger charge is -2.46. The second kappa shape index (κ2) is 7.28. The van der Waals surface area contributed by atoms with Crippen LogP contribution >= 0.6 is 11.6 Å². The van der Waals surface area contributed by atoms with Crippen molar-refractivity contribution in [3.8, 4) is 0 Å². The normalized spacial score (nSPS) is 30.8. The number of halogens is 1. The highest BCUT2D eigenvalue weighted by molar-refractivity contribution is 6.30. The predicted molar refractivity (Wildman–Crippen MR) is 86.2 cm³/mol.